The molecule has 0 spiro atoms. The zero-order chi connectivity index (χ0) is 17.6. The van der Waals surface area contributed by atoms with Crippen LogP contribution in [0.4, 0.5) is 5.69 Å². The molecule has 24 heavy (non-hydrogen) atoms. The van der Waals surface area contributed by atoms with Crippen molar-refractivity contribution in [3.63, 3.8) is 0 Å². The van der Waals surface area contributed by atoms with Crippen LogP contribution >= 0.6 is 0 Å². The van der Waals surface area contributed by atoms with Gasteiger partial charge in [-0.25, -0.2) is 0 Å². The number of rotatable bonds is 11. The highest BCUT2D eigenvalue weighted by atomic mass is 16.1. The molecule has 5 nitrogen and oxygen atoms in total. The highest BCUT2D eigenvalue weighted by Crippen LogP contribution is 2.09. The summed E-state index contributed by atoms with van der Waals surface area (Å²) >= 11 is 0. The number of amides is 1. The highest BCUT2D eigenvalue weighted by Gasteiger charge is 1.98. The molecule has 5 heteroatoms. The number of unbranched alkanes of at least 4 members (excludes halogenated alkanes) is 5. The molecule has 134 valence electrons. The van der Waals surface area contributed by atoms with Gasteiger partial charge in [0.1, 0.15) is 0 Å². The maximum absolute atomic E-state index is 11.0. The maximum atomic E-state index is 11.0. The second kappa shape index (κ2) is 12.4. The number of carbonyl (C=O) groups excluding carboxylic acids is 1. The van der Waals surface area contributed by atoms with Crippen molar-refractivity contribution in [2.24, 2.45) is 10.7 Å². The minimum Gasteiger partial charge on any atom is -0.370 e. The molecule has 0 aliphatic rings. The second-order valence-corrected chi connectivity index (χ2v) is 6.09. The van der Waals surface area contributed by atoms with E-state index in [2.05, 4.69) is 22.5 Å². The number of anilines is 1. The number of hydrogen-bond acceptors (Lipinski definition) is 2. The Morgan fingerprint density at radius 1 is 1.08 bits per heavy atom. The summed E-state index contributed by atoms with van der Waals surface area (Å²) in [6, 6.07) is 7.84. The lowest BCUT2D eigenvalue weighted by atomic mass is 10.1. The van der Waals surface area contributed by atoms with Crippen LogP contribution in [-0.4, -0.2) is 25.0 Å². The Labute approximate surface area is 146 Å². The number of nitrogens with two attached hydrogens (primary N) is 1. The average Bonchev–Trinajstić information content (AvgIpc) is 2.55. The standard InChI is InChI=1S/C19H32N4O/c1-3-4-5-6-7-8-14-21-19(20)22-15-13-17-9-11-18(12-10-17)23-16(2)24/h9-12H,3-8,13-15H2,1-2H3,(H,23,24)(H3,20,21,22). The fourth-order valence-corrected chi connectivity index (χ4v) is 2.44. The number of benzene rings is 1. The molecule has 0 saturated heterocycles. The van der Waals surface area contributed by atoms with Gasteiger partial charge in [-0.3, -0.25) is 9.79 Å². The van der Waals surface area contributed by atoms with Crippen LogP contribution in [0.2, 0.25) is 0 Å². The van der Waals surface area contributed by atoms with E-state index in [9.17, 15) is 4.79 Å². The van der Waals surface area contributed by atoms with E-state index in [-0.39, 0.29) is 5.91 Å². The van der Waals surface area contributed by atoms with Crippen molar-refractivity contribution in [3.05, 3.63) is 29.8 Å². The maximum Gasteiger partial charge on any atom is 0.221 e. The summed E-state index contributed by atoms with van der Waals surface area (Å²) in [5.74, 6) is 0.470. The summed E-state index contributed by atoms with van der Waals surface area (Å²) in [4.78, 5) is 15.3. The summed E-state index contributed by atoms with van der Waals surface area (Å²) in [6.07, 6.45) is 8.45. The summed E-state index contributed by atoms with van der Waals surface area (Å²) in [7, 11) is 0. The molecule has 4 N–H and O–H groups in total. The quantitative estimate of drug-likeness (QED) is 0.330. The molecule has 1 aromatic rings. The molecule has 1 amide bonds. The normalized spacial score (nSPS) is 11.3. The number of carbonyl (C=O) groups is 1. The SMILES string of the molecule is CCCCCCCCN=C(N)NCCc1ccc(NC(C)=O)cc1. The Kier molecular flexibility index (Phi) is 10.3. The Hall–Kier alpha value is -2.04. The van der Waals surface area contributed by atoms with Gasteiger partial charge in [0, 0.05) is 25.7 Å². The van der Waals surface area contributed by atoms with E-state index in [0.29, 0.717) is 5.96 Å². The second-order valence-electron chi connectivity index (χ2n) is 6.09. The molecule has 0 fully saturated rings. The molecule has 1 rings (SSSR count). The summed E-state index contributed by atoms with van der Waals surface area (Å²) in [6.45, 7) is 5.29. The monoisotopic (exact) mass is 332 g/mol. The summed E-state index contributed by atoms with van der Waals surface area (Å²) < 4.78 is 0. The molecule has 0 aliphatic carbocycles. The van der Waals surface area contributed by atoms with Crippen molar-refractivity contribution in [3.8, 4) is 0 Å². The van der Waals surface area contributed by atoms with Crippen molar-refractivity contribution in [1.29, 1.82) is 0 Å². The highest BCUT2D eigenvalue weighted by molar-refractivity contribution is 5.88. The molecule has 0 bridgehead atoms. The topological polar surface area (TPSA) is 79.5 Å². The van der Waals surface area contributed by atoms with Crippen molar-refractivity contribution >= 4 is 17.6 Å². The number of nitrogens with zero attached hydrogens (tertiary/aromatic N) is 1. The van der Waals surface area contributed by atoms with Gasteiger partial charge in [-0.2, -0.15) is 0 Å². The molecule has 0 unspecified atom stereocenters. The fourth-order valence-electron chi connectivity index (χ4n) is 2.44. The van der Waals surface area contributed by atoms with Crippen LogP contribution in [0.5, 0.6) is 0 Å². The first-order chi connectivity index (χ1) is 11.6. The lowest BCUT2D eigenvalue weighted by Gasteiger charge is -2.07. The molecule has 0 aromatic heterocycles. The van der Waals surface area contributed by atoms with Crippen molar-refractivity contribution < 1.29 is 4.79 Å². The average molecular weight is 332 g/mol. The summed E-state index contributed by atoms with van der Waals surface area (Å²) in [5.41, 5.74) is 7.88. The number of guanidine groups is 1. The van der Waals surface area contributed by atoms with E-state index in [4.69, 9.17) is 5.73 Å². The smallest absolute Gasteiger partial charge is 0.221 e. The lowest BCUT2D eigenvalue weighted by Crippen LogP contribution is -2.33. The first-order valence-electron chi connectivity index (χ1n) is 9.02. The third kappa shape index (κ3) is 9.87. The van der Waals surface area contributed by atoms with Gasteiger partial charge >= 0.3 is 0 Å². The van der Waals surface area contributed by atoms with Crippen LogP contribution in [0.15, 0.2) is 29.3 Å². The number of nitrogens with one attached hydrogen (secondary N) is 2. The van der Waals surface area contributed by atoms with E-state index in [0.717, 1.165) is 31.6 Å². The van der Waals surface area contributed by atoms with E-state index >= 15 is 0 Å². The van der Waals surface area contributed by atoms with Gasteiger partial charge in [0.25, 0.3) is 0 Å². The van der Waals surface area contributed by atoms with Crippen LogP contribution in [-0.2, 0) is 11.2 Å². The van der Waals surface area contributed by atoms with Gasteiger partial charge < -0.3 is 16.4 Å². The van der Waals surface area contributed by atoms with Crippen LogP contribution in [0.25, 0.3) is 0 Å². The Balaban J connectivity index is 2.14. The van der Waals surface area contributed by atoms with Crippen molar-refractivity contribution in [2.75, 3.05) is 18.4 Å². The van der Waals surface area contributed by atoms with Gasteiger partial charge in [-0.15, -0.1) is 0 Å². The zero-order valence-electron chi connectivity index (χ0n) is 15.1. The van der Waals surface area contributed by atoms with E-state index in [1.165, 1.54) is 44.6 Å². The first-order valence-corrected chi connectivity index (χ1v) is 9.02. The fraction of sp³-hybridized carbons (Fsp3) is 0.579. The predicted octanol–water partition coefficient (Wildman–Crippen LogP) is 3.45. The van der Waals surface area contributed by atoms with E-state index in [1.807, 2.05) is 24.3 Å². The minimum absolute atomic E-state index is 0.0567. The van der Waals surface area contributed by atoms with E-state index < -0.39 is 0 Å². The molecule has 0 atom stereocenters. The molecule has 0 radical (unpaired) electrons. The Morgan fingerprint density at radius 3 is 2.42 bits per heavy atom. The van der Waals surface area contributed by atoms with Crippen molar-refractivity contribution in [1.82, 2.24) is 5.32 Å². The van der Waals surface area contributed by atoms with Gasteiger partial charge in [-0.1, -0.05) is 51.2 Å². The minimum atomic E-state index is -0.0567. The van der Waals surface area contributed by atoms with Gasteiger partial charge in [0.15, 0.2) is 5.96 Å². The predicted molar refractivity (Wildman–Crippen MR) is 102 cm³/mol. The lowest BCUT2D eigenvalue weighted by molar-refractivity contribution is -0.114. The third-order valence-corrected chi connectivity index (χ3v) is 3.79. The van der Waals surface area contributed by atoms with Gasteiger partial charge in [-0.05, 0) is 30.5 Å². The van der Waals surface area contributed by atoms with Crippen molar-refractivity contribution in [2.45, 2.75) is 58.8 Å². The molecule has 1 aromatic carbocycles. The molecule has 0 aliphatic heterocycles. The van der Waals surface area contributed by atoms with E-state index in [1.54, 1.807) is 0 Å². The Morgan fingerprint density at radius 2 is 1.75 bits per heavy atom. The largest absolute Gasteiger partial charge is 0.370 e. The number of hydrogen-bond donors (Lipinski definition) is 3. The molecule has 0 saturated carbocycles. The van der Waals surface area contributed by atoms with Crippen LogP contribution in [0.1, 0.15) is 57.9 Å². The van der Waals surface area contributed by atoms with Crippen LogP contribution in [0, 0.1) is 0 Å². The molecule has 0 heterocycles. The first kappa shape index (κ1) is 20.0. The van der Waals surface area contributed by atoms with Crippen LogP contribution in [0.3, 0.4) is 0 Å². The van der Waals surface area contributed by atoms with Crippen LogP contribution < -0.4 is 16.4 Å². The van der Waals surface area contributed by atoms with Gasteiger partial charge in [0.2, 0.25) is 5.91 Å². The molecular weight excluding hydrogens is 300 g/mol. The molecular formula is C19H32N4O. The zero-order valence-corrected chi connectivity index (χ0v) is 15.1. The third-order valence-electron chi connectivity index (χ3n) is 3.79. The van der Waals surface area contributed by atoms with Gasteiger partial charge in [0.05, 0.1) is 0 Å². The Bertz CT molecular complexity index is 497. The summed E-state index contributed by atoms with van der Waals surface area (Å²) in [5, 5.41) is 5.90. The number of aliphatic imine (C=N–C) groups is 1.